The molecular formula is C16H20ClNO. The van der Waals surface area contributed by atoms with E-state index in [1.165, 1.54) is 19.3 Å². The third-order valence-electron chi connectivity index (χ3n) is 4.59. The van der Waals surface area contributed by atoms with Crippen molar-refractivity contribution in [1.82, 2.24) is 4.90 Å². The number of benzene rings is 1. The summed E-state index contributed by atoms with van der Waals surface area (Å²) in [5.41, 5.74) is 0.911. The minimum absolute atomic E-state index is 0.101. The first-order chi connectivity index (χ1) is 9.27. The van der Waals surface area contributed by atoms with Gasteiger partial charge in [-0.2, -0.15) is 0 Å². The third kappa shape index (κ3) is 2.51. The average Bonchev–Trinajstić information content (AvgIpc) is 2.95. The van der Waals surface area contributed by atoms with Gasteiger partial charge in [0, 0.05) is 12.6 Å². The summed E-state index contributed by atoms with van der Waals surface area (Å²) in [6.07, 6.45) is 6.12. The molecule has 1 aliphatic carbocycles. The zero-order chi connectivity index (χ0) is 13.2. The van der Waals surface area contributed by atoms with E-state index < -0.39 is 5.38 Å². The van der Waals surface area contributed by atoms with Gasteiger partial charge >= 0.3 is 0 Å². The summed E-state index contributed by atoms with van der Waals surface area (Å²) in [7, 11) is 0. The average molecular weight is 278 g/mol. The SMILES string of the molecule is O=C(C(Cl)c1ccccc1)N1CCCC2CCCC21. The fraction of sp³-hybridized carbons (Fsp3) is 0.562. The first-order valence-corrected chi connectivity index (χ1v) is 7.70. The van der Waals surface area contributed by atoms with Crippen molar-refractivity contribution in [3.8, 4) is 0 Å². The van der Waals surface area contributed by atoms with E-state index in [4.69, 9.17) is 11.6 Å². The van der Waals surface area contributed by atoms with E-state index in [0.29, 0.717) is 6.04 Å². The summed E-state index contributed by atoms with van der Waals surface area (Å²) in [6, 6.07) is 10.1. The summed E-state index contributed by atoms with van der Waals surface area (Å²) in [6.45, 7) is 0.885. The monoisotopic (exact) mass is 277 g/mol. The number of rotatable bonds is 2. The summed E-state index contributed by atoms with van der Waals surface area (Å²) in [5.74, 6) is 0.821. The molecule has 1 heterocycles. The Labute approximate surface area is 119 Å². The van der Waals surface area contributed by atoms with Gasteiger partial charge in [-0.1, -0.05) is 36.8 Å². The number of piperidine rings is 1. The number of alkyl halides is 1. The maximum absolute atomic E-state index is 12.6. The molecule has 0 aromatic heterocycles. The fourth-order valence-electron chi connectivity index (χ4n) is 3.64. The topological polar surface area (TPSA) is 20.3 Å². The van der Waals surface area contributed by atoms with Gasteiger partial charge < -0.3 is 4.90 Å². The van der Waals surface area contributed by atoms with Crippen molar-refractivity contribution in [3.05, 3.63) is 35.9 Å². The first-order valence-electron chi connectivity index (χ1n) is 7.27. The molecule has 1 aromatic rings. The lowest BCUT2D eigenvalue weighted by molar-refractivity contribution is -0.135. The molecule has 1 amide bonds. The molecule has 0 N–H and O–H groups in total. The van der Waals surface area contributed by atoms with Crippen LogP contribution in [-0.4, -0.2) is 23.4 Å². The summed E-state index contributed by atoms with van der Waals surface area (Å²) in [4.78, 5) is 14.7. The molecule has 1 saturated heterocycles. The molecule has 3 rings (SSSR count). The molecule has 19 heavy (non-hydrogen) atoms. The van der Waals surface area contributed by atoms with E-state index in [1.807, 2.05) is 30.3 Å². The largest absolute Gasteiger partial charge is 0.338 e. The van der Waals surface area contributed by atoms with Crippen LogP contribution in [0, 0.1) is 5.92 Å². The van der Waals surface area contributed by atoms with Crippen molar-refractivity contribution in [1.29, 1.82) is 0 Å². The molecule has 0 radical (unpaired) electrons. The van der Waals surface area contributed by atoms with Crippen LogP contribution in [0.2, 0.25) is 0 Å². The molecular weight excluding hydrogens is 258 g/mol. The summed E-state index contributed by atoms with van der Waals surface area (Å²) < 4.78 is 0. The molecule has 2 aliphatic rings. The molecule has 1 aromatic carbocycles. The Morgan fingerprint density at radius 1 is 1.16 bits per heavy atom. The van der Waals surface area contributed by atoms with Gasteiger partial charge in [0.15, 0.2) is 0 Å². The highest BCUT2D eigenvalue weighted by Crippen LogP contribution is 2.38. The predicted molar refractivity (Wildman–Crippen MR) is 77.1 cm³/mol. The van der Waals surface area contributed by atoms with Gasteiger partial charge in [-0.3, -0.25) is 4.79 Å². The minimum Gasteiger partial charge on any atom is -0.338 e. The Balaban J connectivity index is 1.76. The number of carbonyl (C=O) groups is 1. The van der Waals surface area contributed by atoms with E-state index in [2.05, 4.69) is 4.90 Å². The lowest BCUT2D eigenvalue weighted by atomic mass is 9.91. The number of hydrogen-bond donors (Lipinski definition) is 0. The Bertz CT molecular complexity index is 447. The highest BCUT2D eigenvalue weighted by atomic mass is 35.5. The van der Waals surface area contributed by atoms with E-state index in [0.717, 1.165) is 30.9 Å². The molecule has 2 nitrogen and oxygen atoms in total. The van der Waals surface area contributed by atoms with E-state index >= 15 is 0 Å². The molecule has 1 aliphatic heterocycles. The Kier molecular flexibility index (Phi) is 3.79. The van der Waals surface area contributed by atoms with Gasteiger partial charge in [0.2, 0.25) is 5.91 Å². The molecule has 1 saturated carbocycles. The van der Waals surface area contributed by atoms with Gasteiger partial charge in [-0.25, -0.2) is 0 Å². The summed E-state index contributed by atoms with van der Waals surface area (Å²) >= 11 is 6.39. The smallest absolute Gasteiger partial charge is 0.245 e. The normalized spacial score (nSPS) is 27.9. The van der Waals surface area contributed by atoms with Crippen LogP contribution in [-0.2, 0) is 4.79 Å². The number of nitrogens with zero attached hydrogens (tertiary/aromatic N) is 1. The van der Waals surface area contributed by atoms with E-state index in [-0.39, 0.29) is 5.91 Å². The molecule has 102 valence electrons. The van der Waals surface area contributed by atoms with Gasteiger partial charge in [-0.05, 0) is 37.2 Å². The van der Waals surface area contributed by atoms with Crippen molar-refractivity contribution >= 4 is 17.5 Å². The van der Waals surface area contributed by atoms with Crippen LogP contribution in [0.3, 0.4) is 0 Å². The third-order valence-corrected chi connectivity index (χ3v) is 5.02. The van der Waals surface area contributed by atoms with Crippen molar-refractivity contribution in [2.75, 3.05) is 6.54 Å². The summed E-state index contributed by atoms with van der Waals surface area (Å²) in [5, 5.41) is -0.527. The van der Waals surface area contributed by atoms with Gasteiger partial charge in [0.05, 0.1) is 0 Å². The van der Waals surface area contributed by atoms with Crippen LogP contribution in [0.1, 0.15) is 43.0 Å². The van der Waals surface area contributed by atoms with E-state index in [9.17, 15) is 4.79 Å². The Hall–Kier alpha value is -1.02. The van der Waals surface area contributed by atoms with Crippen molar-refractivity contribution in [3.63, 3.8) is 0 Å². The second-order valence-electron chi connectivity index (χ2n) is 5.71. The highest BCUT2D eigenvalue weighted by Gasteiger charge is 2.39. The Morgan fingerprint density at radius 2 is 1.89 bits per heavy atom. The fourth-order valence-corrected chi connectivity index (χ4v) is 3.91. The molecule has 2 fully saturated rings. The molecule has 3 atom stereocenters. The van der Waals surface area contributed by atoms with Crippen LogP contribution < -0.4 is 0 Å². The maximum atomic E-state index is 12.6. The van der Waals surface area contributed by atoms with Crippen molar-refractivity contribution < 1.29 is 4.79 Å². The number of hydrogen-bond acceptors (Lipinski definition) is 1. The van der Waals surface area contributed by atoms with Crippen LogP contribution in [0.15, 0.2) is 30.3 Å². The van der Waals surface area contributed by atoms with Crippen LogP contribution in [0.5, 0.6) is 0 Å². The zero-order valence-corrected chi connectivity index (χ0v) is 11.9. The molecule has 0 bridgehead atoms. The number of fused-ring (bicyclic) bond motifs is 1. The second-order valence-corrected chi connectivity index (χ2v) is 6.14. The Morgan fingerprint density at radius 3 is 2.68 bits per heavy atom. The van der Waals surface area contributed by atoms with Crippen molar-refractivity contribution in [2.24, 2.45) is 5.92 Å². The molecule has 0 spiro atoms. The van der Waals surface area contributed by atoms with Crippen LogP contribution in [0.4, 0.5) is 0 Å². The van der Waals surface area contributed by atoms with Crippen LogP contribution in [0.25, 0.3) is 0 Å². The van der Waals surface area contributed by atoms with E-state index in [1.54, 1.807) is 0 Å². The predicted octanol–water partition coefficient (Wildman–Crippen LogP) is 3.76. The standard InChI is InChI=1S/C16H20ClNO/c17-15(13-6-2-1-3-7-13)16(19)18-11-5-9-12-8-4-10-14(12)18/h1-3,6-7,12,14-15H,4-5,8-11H2. The van der Waals surface area contributed by atoms with Gasteiger partial charge in [-0.15, -0.1) is 11.6 Å². The minimum atomic E-state index is -0.527. The molecule has 3 heteroatoms. The maximum Gasteiger partial charge on any atom is 0.245 e. The number of likely N-dealkylation sites (tertiary alicyclic amines) is 1. The number of halogens is 1. The van der Waals surface area contributed by atoms with Gasteiger partial charge in [0.1, 0.15) is 5.38 Å². The first kappa shape index (κ1) is 13.0. The number of amides is 1. The van der Waals surface area contributed by atoms with Crippen LogP contribution >= 0.6 is 11.6 Å². The zero-order valence-electron chi connectivity index (χ0n) is 11.1. The second kappa shape index (κ2) is 5.54. The lowest BCUT2D eigenvalue weighted by Crippen LogP contribution is -2.47. The van der Waals surface area contributed by atoms with Crippen molar-refractivity contribution in [2.45, 2.75) is 43.5 Å². The number of carbonyl (C=O) groups excluding carboxylic acids is 1. The highest BCUT2D eigenvalue weighted by molar-refractivity contribution is 6.30. The molecule has 3 unspecified atom stereocenters. The quantitative estimate of drug-likeness (QED) is 0.754. The lowest BCUT2D eigenvalue weighted by Gasteiger charge is -2.38. The van der Waals surface area contributed by atoms with Gasteiger partial charge in [0.25, 0.3) is 0 Å².